The van der Waals surface area contributed by atoms with Crippen molar-refractivity contribution in [1.29, 1.82) is 0 Å². The van der Waals surface area contributed by atoms with Crippen LogP contribution in [0.5, 0.6) is 0 Å². The Labute approximate surface area is 133 Å². The van der Waals surface area contributed by atoms with E-state index in [1.165, 1.54) is 0 Å². The minimum absolute atomic E-state index is 0. The first-order valence-corrected chi connectivity index (χ1v) is 8.45. The van der Waals surface area contributed by atoms with Crippen LogP contribution in [0.25, 0.3) is 0 Å². The predicted molar refractivity (Wildman–Crippen MR) is 88.5 cm³/mol. The van der Waals surface area contributed by atoms with E-state index in [0.29, 0.717) is 17.4 Å². The lowest BCUT2D eigenvalue weighted by atomic mass is 10.0. The zero-order chi connectivity index (χ0) is 14.6. The molecule has 2 rings (SSSR count). The van der Waals surface area contributed by atoms with E-state index in [0.717, 1.165) is 30.6 Å². The lowest BCUT2D eigenvalue weighted by Gasteiger charge is -2.15. The van der Waals surface area contributed by atoms with E-state index in [1.54, 1.807) is 18.2 Å². The molecule has 0 saturated heterocycles. The molecule has 0 aromatic heterocycles. The number of hydrogen-bond acceptors (Lipinski definition) is 3. The molecular weight excluding hydrogens is 308 g/mol. The summed E-state index contributed by atoms with van der Waals surface area (Å²) in [7, 11) is -3.43. The Morgan fingerprint density at radius 3 is 2.71 bits per heavy atom. The summed E-state index contributed by atoms with van der Waals surface area (Å²) in [6.07, 6.45) is 2.95. The average Bonchev–Trinajstić information content (AvgIpc) is 2.46. The molecule has 4 nitrogen and oxygen atoms in total. The third-order valence-corrected chi connectivity index (χ3v) is 4.88. The Morgan fingerprint density at radius 2 is 2.10 bits per heavy atom. The summed E-state index contributed by atoms with van der Waals surface area (Å²) in [6.45, 7) is 6.24. The quantitative estimate of drug-likeness (QED) is 0.815. The van der Waals surface area contributed by atoms with Crippen LogP contribution in [0.15, 0.2) is 40.8 Å². The molecule has 1 aromatic rings. The molecule has 0 spiro atoms. The normalized spacial score (nSPS) is 15.5. The highest BCUT2D eigenvalue weighted by molar-refractivity contribution is 7.89. The fraction of sp³-hybridized carbons (Fsp3) is 0.467. The third-order valence-electron chi connectivity index (χ3n) is 3.48. The summed E-state index contributed by atoms with van der Waals surface area (Å²) in [5.41, 5.74) is 2.18. The molecule has 0 fully saturated rings. The van der Waals surface area contributed by atoms with Gasteiger partial charge in [0.15, 0.2) is 0 Å². The van der Waals surface area contributed by atoms with Crippen molar-refractivity contribution >= 4 is 22.4 Å². The Balaban J connectivity index is 0.00000220. The molecule has 118 valence electrons. The van der Waals surface area contributed by atoms with Crippen molar-refractivity contribution in [3.8, 4) is 0 Å². The average molecular weight is 331 g/mol. The fourth-order valence-corrected chi connectivity index (χ4v) is 3.23. The van der Waals surface area contributed by atoms with Crippen molar-refractivity contribution in [3.05, 3.63) is 41.5 Å². The highest BCUT2D eigenvalue weighted by atomic mass is 35.5. The maximum absolute atomic E-state index is 12.3. The van der Waals surface area contributed by atoms with Gasteiger partial charge in [0.25, 0.3) is 0 Å². The number of sulfonamides is 1. The SMILES string of the molecule is CC(C)c1cccc(S(=O)(=O)NCC2=CCNCC2)c1.Cl. The standard InChI is InChI=1S/C15H22N2O2S.ClH/c1-12(2)14-4-3-5-15(10-14)20(18,19)17-11-13-6-8-16-9-7-13;/h3-6,10,12,16-17H,7-9,11H2,1-2H3;1H. The first-order chi connectivity index (χ1) is 9.49. The third kappa shape index (κ3) is 5.11. The van der Waals surface area contributed by atoms with Crippen molar-refractivity contribution in [3.63, 3.8) is 0 Å². The Hall–Kier alpha value is -0.880. The minimum Gasteiger partial charge on any atom is -0.313 e. The zero-order valence-electron chi connectivity index (χ0n) is 12.4. The predicted octanol–water partition coefficient (Wildman–Crippen LogP) is 2.43. The van der Waals surface area contributed by atoms with Gasteiger partial charge in [0, 0.05) is 13.1 Å². The van der Waals surface area contributed by atoms with Crippen molar-refractivity contribution < 1.29 is 8.42 Å². The molecular formula is C15H23ClN2O2S. The second-order valence-corrected chi connectivity index (χ2v) is 7.14. The van der Waals surface area contributed by atoms with Gasteiger partial charge in [-0.25, -0.2) is 13.1 Å². The van der Waals surface area contributed by atoms with E-state index < -0.39 is 10.0 Å². The Kier molecular flexibility index (Phi) is 6.87. The van der Waals surface area contributed by atoms with Crippen LogP contribution in [-0.4, -0.2) is 28.1 Å². The molecule has 0 aliphatic carbocycles. The van der Waals surface area contributed by atoms with Gasteiger partial charge in [0.1, 0.15) is 0 Å². The van der Waals surface area contributed by atoms with Gasteiger partial charge in [-0.05, 0) is 36.6 Å². The molecule has 2 N–H and O–H groups in total. The largest absolute Gasteiger partial charge is 0.313 e. The number of hydrogen-bond donors (Lipinski definition) is 2. The van der Waals surface area contributed by atoms with E-state index in [2.05, 4.69) is 30.0 Å². The minimum atomic E-state index is -3.43. The van der Waals surface area contributed by atoms with Crippen LogP contribution in [0.3, 0.4) is 0 Å². The Morgan fingerprint density at radius 1 is 1.33 bits per heavy atom. The van der Waals surface area contributed by atoms with Crippen LogP contribution < -0.4 is 10.0 Å². The second-order valence-electron chi connectivity index (χ2n) is 5.37. The monoisotopic (exact) mass is 330 g/mol. The topological polar surface area (TPSA) is 58.2 Å². The molecule has 0 saturated carbocycles. The number of benzene rings is 1. The first kappa shape index (κ1) is 18.2. The highest BCUT2D eigenvalue weighted by Gasteiger charge is 2.15. The lowest BCUT2D eigenvalue weighted by Crippen LogP contribution is -2.29. The van der Waals surface area contributed by atoms with Crippen LogP contribution in [0.4, 0.5) is 0 Å². The molecule has 1 aliphatic rings. The summed E-state index contributed by atoms with van der Waals surface area (Å²) in [5, 5.41) is 3.21. The molecule has 0 amide bonds. The van der Waals surface area contributed by atoms with E-state index in [9.17, 15) is 8.42 Å². The van der Waals surface area contributed by atoms with E-state index in [-0.39, 0.29) is 12.4 Å². The maximum atomic E-state index is 12.3. The summed E-state index contributed by atoms with van der Waals surface area (Å²) >= 11 is 0. The van der Waals surface area contributed by atoms with Gasteiger partial charge in [-0.2, -0.15) is 0 Å². The van der Waals surface area contributed by atoms with Crippen LogP contribution in [0.1, 0.15) is 31.7 Å². The number of halogens is 1. The molecule has 21 heavy (non-hydrogen) atoms. The van der Waals surface area contributed by atoms with Crippen molar-refractivity contribution in [1.82, 2.24) is 10.0 Å². The number of rotatable bonds is 5. The van der Waals surface area contributed by atoms with Crippen LogP contribution in [0.2, 0.25) is 0 Å². The van der Waals surface area contributed by atoms with Crippen LogP contribution >= 0.6 is 12.4 Å². The molecule has 0 unspecified atom stereocenters. The number of nitrogens with one attached hydrogen (secondary N) is 2. The van der Waals surface area contributed by atoms with Gasteiger partial charge in [-0.1, -0.05) is 37.6 Å². The van der Waals surface area contributed by atoms with Gasteiger partial charge in [-0.15, -0.1) is 12.4 Å². The van der Waals surface area contributed by atoms with Gasteiger partial charge in [0.2, 0.25) is 10.0 Å². The van der Waals surface area contributed by atoms with Gasteiger partial charge >= 0.3 is 0 Å². The first-order valence-electron chi connectivity index (χ1n) is 6.97. The van der Waals surface area contributed by atoms with Crippen LogP contribution in [-0.2, 0) is 10.0 Å². The van der Waals surface area contributed by atoms with Crippen LogP contribution in [0, 0.1) is 0 Å². The molecule has 1 heterocycles. The van der Waals surface area contributed by atoms with Gasteiger partial charge < -0.3 is 5.32 Å². The molecule has 0 radical (unpaired) electrons. The molecule has 0 bridgehead atoms. The van der Waals surface area contributed by atoms with Gasteiger partial charge in [0.05, 0.1) is 4.90 Å². The Bertz CT molecular complexity index is 597. The highest BCUT2D eigenvalue weighted by Crippen LogP contribution is 2.18. The van der Waals surface area contributed by atoms with Crippen molar-refractivity contribution in [2.45, 2.75) is 31.1 Å². The van der Waals surface area contributed by atoms with E-state index in [4.69, 9.17) is 0 Å². The summed E-state index contributed by atoms with van der Waals surface area (Å²) in [6, 6.07) is 7.15. The van der Waals surface area contributed by atoms with Crippen molar-refractivity contribution in [2.75, 3.05) is 19.6 Å². The second kappa shape index (κ2) is 7.94. The lowest BCUT2D eigenvalue weighted by molar-refractivity contribution is 0.582. The molecule has 1 aromatic carbocycles. The molecule has 6 heteroatoms. The molecule has 1 aliphatic heterocycles. The van der Waals surface area contributed by atoms with Crippen molar-refractivity contribution in [2.24, 2.45) is 0 Å². The fourth-order valence-electron chi connectivity index (χ4n) is 2.14. The van der Waals surface area contributed by atoms with E-state index in [1.807, 2.05) is 6.07 Å². The smallest absolute Gasteiger partial charge is 0.240 e. The zero-order valence-corrected chi connectivity index (χ0v) is 14.1. The summed E-state index contributed by atoms with van der Waals surface area (Å²) in [5.74, 6) is 0.317. The molecule has 0 atom stereocenters. The summed E-state index contributed by atoms with van der Waals surface area (Å²) in [4.78, 5) is 0.346. The maximum Gasteiger partial charge on any atom is 0.240 e. The van der Waals surface area contributed by atoms with Gasteiger partial charge in [-0.3, -0.25) is 0 Å². The summed E-state index contributed by atoms with van der Waals surface area (Å²) < 4.78 is 27.3. The van der Waals surface area contributed by atoms with E-state index >= 15 is 0 Å².